The molecule has 0 saturated heterocycles. The Balaban J connectivity index is 2.19. The maximum atomic E-state index is 6.22. The molecule has 0 fully saturated rings. The summed E-state index contributed by atoms with van der Waals surface area (Å²) in [5.74, 6) is 1.21. The predicted molar refractivity (Wildman–Crippen MR) is 80.2 cm³/mol. The normalized spacial score (nSPS) is 13.5. The van der Waals surface area contributed by atoms with Crippen LogP contribution in [0, 0.1) is 0 Å². The Hall–Kier alpha value is -1.77. The minimum atomic E-state index is -0.0225. The summed E-state index contributed by atoms with van der Waals surface area (Å²) >= 11 is 0. The molecule has 1 unspecified atom stereocenters. The third-order valence-electron chi connectivity index (χ3n) is 3.48. The minimum Gasteiger partial charge on any atom is -0.384 e. The Morgan fingerprint density at radius 3 is 2.37 bits per heavy atom. The van der Waals surface area contributed by atoms with Crippen molar-refractivity contribution >= 4 is 5.82 Å². The van der Waals surface area contributed by atoms with E-state index in [9.17, 15) is 0 Å². The summed E-state index contributed by atoms with van der Waals surface area (Å²) in [6.07, 6.45) is 2.72. The summed E-state index contributed by atoms with van der Waals surface area (Å²) in [7, 11) is 0. The minimum absolute atomic E-state index is 0.0225. The molecule has 1 atom stereocenters. The van der Waals surface area contributed by atoms with Gasteiger partial charge in [0.1, 0.15) is 5.82 Å². The van der Waals surface area contributed by atoms with Gasteiger partial charge < -0.3 is 10.3 Å². The van der Waals surface area contributed by atoms with Crippen LogP contribution in [0.15, 0.2) is 36.7 Å². The van der Waals surface area contributed by atoms with Crippen LogP contribution in [-0.2, 0) is 12.0 Å². The second-order valence-electron chi connectivity index (χ2n) is 6.13. The van der Waals surface area contributed by atoms with E-state index in [-0.39, 0.29) is 5.54 Å². The summed E-state index contributed by atoms with van der Waals surface area (Å²) in [5.41, 5.74) is 8.51. The molecule has 0 bridgehead atoms. The molecule has 3 nitrogen and oxygen atoms in total. The number of nitrogens with two attached hydrogens (primary N) is 1. The summed E-state index contributed by atoms with van der Waals surface area (Å²) in [6.45, 7) is 8.62. The van der Waals surface area contributed by atoms with Gasteiger partial charge in [-0.1, -0.05) is 37.3 Å². The van der Waals surface area contributed by atoms with Crippen LogP contribution in [0.4, 0.5) is 5.82 Å². The van der Waals surface area contributed by atoms with Crippen molar-refractivity contribution in [2.24, 2.45) is 0 Å². The van der Waals surface area contributed by atoms with Crippen LogP contribution in [0.3, 0.4) is 0 Å². The Morgan fingerprint density at radius 1 is 1.21 bits per heavy atom. The Bertz CT molecular complexity index is 535. The lowest BCUT2D eigenvalue weighted by atomic mass is 9.96. The molecule has 19 heavy (non-hydrogen) atoms. The third-order valence-corrected chi connectivity index (χ3v) is 3.48. The summed E-state index contributed by atoms with van der Waals surface area (Å²) < 4.78 is 2.04. The van der Waals surface area contributed by atoms with E-state index in [1.807, 2.05) is 17.0 Å². The zero-order chi connectivity index (χ0) is 14.0. The van der Waals surface area contributed by atoms with Crippen molar-refractivity contribution in [2.45, 2.75) is 45.6 Å². The molecular formula is C16H23N3. The standard InChI is InChI=1S/C16H23N3/c1-12(13-8-6-5-7-9-13)10-14-15(17)19(11-18-14)16(2,3)4/h5-9,11-12H,10,17H2,1-4H3. The van der Waals surface area contributed by atoms with Gasteiger partial charge in [-0.05, 0) is 38.7 Å². The zero-order valence-corrected chi connectivity index (χ0v) is 12.2. The predicted octanol–water partition coefficient (Wildman–Crippen LogP) is 3.57. The highest BCUT2D eigenvalue weighted by Crippen LogP contribution is 2.26. The van der Waals surface area contributed by atoms with Crippen molar-refractivity contribution in [2.75, 3.05) is 5.73 Å². The Labute approximate surface area is 115 Å². The Morgan fingerprint density at radius 2 is 1.84 bits per heavy atom. The second-order valence-corrected chi connectivity index (χ2v) is 6.13. The number of anilines is 1. The smallest absolute Gasteiger partial charge is 0.127 e. The molecule has 3 heteroatoms. The third kappa shape index (κ3) is 2.98. The number of benzene rings is 1. The number of nitrogen functional groups attached to an aromatic ring is 1. The van der Waals surface area contributed by atoms with Crippen molar-refractivity contribution in [3.63, 3.8) is 0 Å². The van der Waals surface area contributed by atoms with E-state index in [4.69, 9.17) is 5.73 Å². The highest BCUT2D eigenvalue weighted by molar-refractivity contribution is 5.38. The van der Waals surface area contributed by atoms with Gasteiger partial charge in [0.25, 0.3) is 0 Å². The molecule has 0 saturated carbocycles. The fourth-order valence-electron chi connectivity index (χ4n) is 2.28. The van der Waals surface area contributed by atoms with E-state index in [1.54, 1.807) is 0 Å². The highest BCUT2D eigenvalue weighted by atomic mass is 15.2. The van der Waals surface area contributed by atoms with Gasteiger partial charge in [0.2, 0.25) is 0 Å². The van der Waals surface area contributed by atoms with Crippen molar-refractivity contribution in [1.29, 1.82) is 0 Å². The first-order chi connectivity index (χ1) is 8.89. The lowest BCUT2D eigenvalue weighted by Gasteiger charge is -2.22. The number of hydrogen-bond acceptors (Lipinski definition) is 2. The van der Waals surface area contributed by atoms with E-state index in [0.29, 0.717) is 5.92 Å². The average molecular weight is 257 g/mol. The molecule has 0 aliphatic rings. The van der Waals surface area contributed by atoms with Gasteiger partial charge in [0, 0.05) is 5.54 Å². The van der Waals surface area contributed by atoms with Crippen molar-refractivity contribution in [3.8, 4) is 0 Å². The molecule has 0 amide bonds. The lowest BCUT2D eigenvalue weighted by Crippen LogP contribution is -2.22. The van der Waals surface area contributed by atoms with Crippen molar-refractivity contribution in [1.82, 2.24) is 9.55 Å². The first kappa shape index (κ1) is 13.7. The van der Waals surface area contributed by atoms with Gasteiger partial charge in [0.15, 0.2) is 0 Å². The van der Waals surface area contributed by atoms with Gasteiger partial charge in [-0.2, -0.15) is 0 Å². The van der Waals surface area contributed by atoms with Crippen LogP contribution in [-0.4, -0.2) is 9.55 Å². The first-order valence-electron chi connectivity index (χ1n) is 6.76. The van der Waals surface area contributed by atoms with E-state index in [2.05, 4.69) is 56.9 Å². The molecular weight excluding hydrogens is 234 g/mol. The van der Waals surface area contributed by atoms with Crippen LogP contribution >= 0.6 is 0 Å². The van der Waals surface area contributed by atoms with Gasteiger partial charge in [-0.15, -0.1) is 0 Å². The van der Waals surface area contributed by atoms with Crippen molar-refractivity contribution in [3.05, 3.63) is 47.9 Å². The van der Waals surface area contributed by atoms with Crippen LogP contribution < -0.4 is 5.73 Å². The van der Waals surface area contributed by atoms with Crippen LogP contribution in [0.25, 0.3) is 0 Å². The molecule has 0 aliphatic heterocycles. The fraction of sp³-hybridized carbons (Fsp3) is 0.438. The molecule has 0 radical (unpaired) electrons. The molecule has 1 aromatic carbocycles. The van der Waals surface area contributed by atoms with Crippen LogP contribution in [0.1, 0.15) is 44.9 Å². The maximum Gasteiger partial charge on any atom is 0.127 e. The zero-order valence-electron chi connectivity index (χ0n) is 12.2. The van der Waals surface area contributed by atoms with E-state index in [1.165, 1.54) is 5.56 Å². The number of imidazole rings is 1. The van der Waals surface area contributed by atoms with Gasteiger partial charge in [-0.25, -0.2) is 4.98 Å². The van der Waals surface area contributed by atoms with Gasteiger partial charge in [-0.3, -0.25) is 0 Å². The number of rotatable bonds is 3. The van der Waals surface area contributed by atoms with Gasteiger partial charge >= 0.3 is 0 Å². The Kier molecular flexibility index (Phi) is 3.65. The van der Waals surface area contributed by atoms with Crippen LogP contribution in [0.5, 0.6) is 0 Å². The average Bonchev–Trinajstić information content (AvgIpc) is 2.72. The molecule has 1 aromatic heterocycles. The summed E-state index contributed by atoms with van der Waals surface area (Å²) in [6, 6.07) is 10.5. The second kappa shape index (κ2) is 5.08. The molecule has 2 aromatic rings. The molecule has 2 N–H and O–H groups in total. The topological polar surface area (TPSA) is 43.8 Å². The summed E-state index contributed by atoms with van der Waals surface area (Å²) in [5, 5.41) is 0. The molecule has 0 aliphatic carbocycles. The van der Waals surface area contributed by atoms with E-state index >= 15 is 0 Å². The first-order valence-corrected chi connectivity index (χ1v) is 6.76. The van der Waals surface area contributed by atoms with E-state index < -0.39 is 0 Å². The lowest BCUT2D eigenvalue weighted by molar-refractivity contribution is 0.402. The number of nitrogens with zero attached hydrogens (tertiary/aromatic N) is 2. The maximum absolute atomic E-state index is 6.22. The van der Waals surface area contributed by atoms with Crippen molar-refractivity contribution < 1.29 is 0 Å². The molecule has 0 spiro atoms. The monoisotopic (exact) mass is 257 g/mol. The number of hydrogen-bond donors (Lipinski definition) is 1. The quantitative estimate of drug-likeness (QED) is 0.913. The van der Waals surface area contributed by atoms with Crippen LogP contribution in [0.2, 0.25) is 0 Å². The van der Waals surface area contributed by atoms with E-state index in [0.717, 1.165) is 17.9 Å². The fourth-order valence-corrected chi connectivity index (χ4v) is 2.28. The highest BCUT2D eigenvalue weighted by Gasteiger charge is 2.19. The molecule has 102 valence electrons. The van der Waals surface area contributed by atoms with Gasteiger partial charge in [0.05, 0.1) is 12.0 Å². The largest absolute Gasteiger partial charge is 0.384 e. The number of aromatic nitrogens is 2. The molecule has 2 rings (SSSR count). The SMILES string of the molecule is CC(Cc1ncn(C(C)(C)C)c1N)c1ccccc1. The molecule has 1 heterocycles. The summed E-state index contributed by atoms with van der Waals surface area (Å²) in [4.78, 5) is 4.49.